The van der Waals surface area contributed by atoms with Gasteiger partial charge in [0.2, 0.25) is 0 Å². The number of aromatic nitrogens is 6. The number of hydrogen-bond acceptors (Lipinski definition) is 7. The van der Waals surface area contributed by atoms with Crippen LogP contribution < -0.4 is 0 Å². The number of aromatic hydroxyl groups is 1. The third-order valence-electron chi connectivity index (χ3n) is 8.94. The zero-order valence-electron chi connectivity index (χ0n) is 29.8. The molecule has 6 aromatic rings. The van der Waals surface area contributed by atoms with Crippen molar-refractivity contribution in [2.24, 2.45) is 5.41 Å². The maximum absolute atomic E-state index is 12.8. The molecule has 0 saturated carbocycles. The summed E-state index contributed by atoms with van der Waals surface area (Å²) in [6.07, 6.45) is 2.35. The first-order valence-corrected chi connectivity index (χ1v) is 18.5. The van der Waals surface area contributed by atoms with E-state index in [4.69, 9.17) is 0 Å². The number of H-pyrrole nitrogens is 1. The maximum Gasteiger partial charge on any atom is 0.178 e. The lowest BCUT2D eigenvalue weighted by atomic mass is 9.70. The van der Waals surface area contributed by atoms with E-state index in [0.717, 1.165) is 40.6 Å². The Bertz CT molecular complexity index is 2130. The first kappa shape index (κ1) is 35.7. The van der Waals surface area contributed by atoms with Crippen molar-refractivity contribution in [2.45, 2.75) is 90.4 Å². The fraction of sp³-hybridized carbons (Fsp3) is 0.385. The maximum atomic E-state index is 12.8. The number of nitrogens with zero attached hydrogens (tertiary/aromatic N) is 5. The molecule has 6 rings (SSSR count). The lowest BCUT2D eigenvalue weighted by Gasteiger charge is -2.35. The van der Waals surface area contributed by atoms with Crippen LogP contribution >= 0.6 is 0 Å². The van der Waals surface area contributed by atoms with Crippen molar-refractivity contribution in [2.75, 3.05) is 5.75 Å². The van der Waals surface area contributed by atoms with Crippen molar-refractivity contribution in [3.05, 3.63) is 102 Å². The molecular formula is C39H48N6O3S. The number of nitrogens with one attached hydrogen (secondary N) is 1. The quantitative estimate of drug-likeness (QED) is 0.156. The summed E-state index contributed by atoms with van der Waals surface area (Å²) in [7, 11) is -3.40. The van der Waals surface area contributed by atoms with Crippen LogP contribution in [0.1, 0.15) is 91.3 Å². The van der Waals surface area contributed by atoms with E-state index in [0.29, 0.717) is 23.1 Å². The van der Waals surface area contributed by atoms with Crippen molar-refractivity contribution < 1.29 is 13.5 Å². The molecule has 9 nitrogen and oxygen atoms in total. The van der Waals surface area contributed by atoms with Gasteiger partial charge >= 0.3 is 0 Å². The Kier molecular flexibility index (Phi) is 10.0. The van der Waals surface area contributed by atoms with E-state index in [2.05, 4.69) is 92.3 Å². The molecule has 258 valence electrons. The molecule has 0 fully saturated rings. The highest BCUT2D eigenvalue weighted by molar-refractivity contribution is 7.91. The molecule has 2 N–H and O–H groups in total. The Morgan fingerprint density at radius 2 is 1.45 bits per heavy atom. The van der Waals surface area contributed by atoms with E-state index >= 15 is 0 Å². The van der Waals surface area contributed by atoms with Gasteiger partial charge in [0, 0.05) is 11.0 Å². The molecule has 0 unspecified atom stereocenters. The van der Waals surface area contributed by atoms with Crippen LogP contribution in [0.5, 0.6) is 5.75 Å². The topological polar surface area (TPSA) is 127 Å². The van der Waals surface area contributed by atoms with Crippen molar-refractivity contribution >= 4 is 31.9 Å². The van der Waals surface area contributed by atoms with Gasteiger partial charge in [-0.15, -0.1) is 20.1 Å². The first-order valence-electron chi connectivity index (χ1n) is 16.8. The average Bonchev–Trinajstić information content (AvgIpc) is 3.70. The number of unbranched alkanes of at least 4 members (excludes halogenated alkanes) is 1. The Labute approximate surface area is 289 Å². The number of aromatic amines is 1. The standard InChI is InChI=1S/C33H43N3O3S.C6H5N3/c1-9-10-18-40(38,39)25-16-17-27-28(21-25)35-36(34-27)29-20-24(32(5,6)22-31(2,3)4)19-26(30(29)37)33(7,8)23-14-12-11-13-15-23;1-2-4-6-5(3-1)7-9-8-6/h11-17,19-21,37H,9-10,18,22H2,1-8H3;1-4H,(H,7,8,9). The fourth-order valence-corrected chi connectivity index (χ4v) is 7.98. The van der Waals surface area contributed by atoms with Crippen molar-refractivity contribution in [3.8, 4) is 11.4 Å². The summed E-state index contributed by atoms with van der Waals surface area (Å²) < 4.78 is 25.7. The van der Waals surface area contributed by atoms with Crippen LogP contribution in [0.3, 0.4) is 0 Å². The third-order valence-corrected chi connectivity index (χ3v) is 10.7. The van der Waals surface area contributed by atoms with Gasteiger partial charge in [0.15, 0.2) is 9.84 Å². The molecule has 0 aliphatic heterocycles. The molecule has 0 radical (unpaired) electrons. The molecule has 49 heavy (non-hydrogen) atoms. The van der Waals surface area contributed by atoms with Gasteiger partial charge in [0.25, 0.3) is 0 Å². The van der Waals surface area contributed by atoms with Crippen LogP contribution in [-0.4, -0.2) is 49.7 Å². The minimum Gasteiger partial charge on any atom is -0.505 e. The number of fused-ring (bicyclic) bond motifs is 2. The van der Waals surface area contributed by atoms with Crippen molar-refractivity contribution in [3.63, 3.8) is 0 Å². The number of rotatable bonds is 9. The predicted molar refractivity (Wildman–Crippen MR) is 197 cm³/mol. The predicted octanol–water partition coefficient (Wildman–Crippen LogP) is 8.70. The number of para-hydroxylation sites is 1. The van der Waals surface area contributed by atoms with Gasteiger partial charge in [-0.25, -0.2) is 8.42 Å². The molecule has 0 aliphatic rings. The first-order chi connectivity index (χ1) is 23.0. The Morgan fingerprint density at radius 3 is 2.12 bits per heavy atom. The summed E-state index contributed by atoms with van der Waals surface area (Å²) in [5, 5.41) is 31.3. The molecular weight excluding hydrogens is 633 g/mol. The highest BCUT2D eigenvalue weighted by Gasteiger charge is 2.34. The summed E-state index contributed by atoms with van der Waals surface area (Å²) in [6.45, 7) is 17.4. The fourth-order valence-electron chi connectivity index (χ4n) is 6.51. The normalized spacial score (nSPS) is 12.7. The molecule has 0 atom stereocenters. The summed E-state index contributed by atoms with van der Waals surface area (Å²) in [5.74, 6) is 0.215. The van der Waals surface area contributed by atoms with E-state index < -0.39 is 15.3 Å². The van der Waals surface area contributed by atoms with Gasteiger partial charge in [-0.1, -0.05) is 116 Å². The second-order valence-corrected chi connectivity index (χ2v) is 17.3. The molecule has 2 heterocycles. The minimum absolute atomic E-state index is 0.0922. The third kappa shape index (κ3) is 8.02. The number of phenolic OH excluding ortho intramolecular Hbond substituents is 1. The lowest BCUT2D eigenvalue weighted by molar-refractivity contribution is 0.283. The Hall–Kier alpha value is -4.57. The van der Waals surface area contributed by atoms with Gasteiger partial charge in [0.1, 0.15) is 28.0 Å². The van der Waals surface area contributed by atoms with Gasteiger partial charge in [0.05, 0.1) is 16.2 Å². The zero-order valence-corrected chi connectivity index (χ0v) is 30.6. The van der Waals surface area contributed by atoms with Gasteiger partial charge < -0.3 is 5.11 Å². The van der Waals surface area contributed by atoms with Crippen LogP contribution in [0, 0.1) is 5.41 Å². The number of benzene rings is 4. The second kappa shape index (κ2) is 13.7. The van der Waals surface area contributed by atoms with E-state index in [1.165, 1.54) is 4.80 Å². The average molecular weight is 681 g/mol. The molecule has 4 aromatic carbocycles. The molecule has 0 spiro atoms. The zero-order chi connectivity index (χ0) is 35.6. The summed E-state index contributed by atoms with van der Waals surface area (Å²) in [6, 6.07) is 26.9. The number of sulfone groups is 1. The minimum atomic E-state index is -3.40. The monoisotopic (exact) mass is 680 g/mol. The number of hydrogen-bond donors (Lipinski definition) is 2. The van der Waals surface area contributed by atoms with Crippen LogP contribution in [-0.2, 0) is 20.7 Å². The van der Waals surface area contributed by atoms with Crippen LogP contribution in [0.15, 0.2) is 89.8 Å². The molecule has 10 heteroatoms. The Morgan fingerprint density at radius 1 is 0.776 bits per heavy atom. The molecule has 2 aromatic heterocycles. The molecule has 0 amide bonds. The van der Waals surface area contributed by atoms with E-state index in [-0.39, 0.29) is 27.2 Å². The Balaban J connectivity index is 0.000000444. The van der Waals surface area contributed by atoms with Crippen LogP contribution in [0.4, 0.5) is 0 Å². The smallest absolute Gasteiger partial charge is 0.178 e. The molecule has 0 aliphatic carbocycles. The SMILES string of the molecule is CCCCS(=O)(=O)c1ccc2nn(-c3cc(C(C)(C)CC(C)(C)C)cc(C(C)(C)c4ccccc4)c3O)nc2c1.c1ccc2[nH]nnc2c1. The van der Waals surface area contributed by atoms with Crippen molar-refractivity contribution in [1.82, 2.24) is 30.4 Å². The lowest BCUT2D eigenvalue weighted by Crippen LogP contribution is -2.27. The summed E-state index contributed by atoms with van der Waals surface area (Å²) in [5.41, 5.74) is 5.77. The summed E-state index contributed by atoms with van der Waals surface area (Å²) in [4.78, 5) is 1.69. The summed E-state index contributed by atoms with van der Waals surface area (Å²) >= 11 is 0. The van der Waals surface area contributed by atoms with E-state index in [1.807, 2.05) is 55.5 Å². The van der Waals surface area contributed by atoms with Crippen LogP contribution in [0.2, 0.25) is 0 Å². The van der Waals surface area contributed by atoms with Gasteiger partial charge in [-0.2, -0.15) is 0 Å². The number of phenols is 1. The van der Waals surface area contributed by atoms with E-state index in [1.54, 1.807) is 18.2 Å². The second-order valence-electron chi connectivity index (χ2n) is 15.1. The van der Waals surface area contributed by atoms with E-state index in [9.17, 15) is 13.5 Å². The largest absolute Gasteiger partial charge is 0.505 e. The van der Waals surface area contributed by atoms with Crippen molar-refractivity contribution in [1.29, 1.82) is 0 Å². The molecule has 0 saturated heterocycles. The highest BCUT2D eigenvalue weighted by Crippen LogP contribution is 2.44. The highest BCUT2D eigenvalue weighted by atomic mass is 32.2. The van der Waals surface area contributed by atoms with Gasteiger partial charge in [-0.05, 0) is 71.2 Å². The van der Waals surface area contributed by atoms with Crippen LogP contribution in [0.25, 0.3) is 27.8 Å². The van der Waals surface area contributed by atoms with Gasteiger partial charge in [-0.3, -0.25) is 5.10 Å². The molecule has 0 bridgehead atoms.